The molecule has 2 heterocycles. The van der Waals surface area contributed by atoms with Crippen LogP contribution in [0.2, 0.25) is 0 Å². The van der Waals surface area contributed by atoms with Crippen LogP contribution in [0.25, 0.3) is 0 Å². The van der Waals surface area contributed by atoms with Gasteiger partial charge in [0.05, 0.1) is 18.2 Å². The summed E-state index contributed by atoms with van der Waals surface area (Å²) in [6.07, 6.45) is 3.98. The van der Waals surface area contributed by atoms with Crippen molar-refractivity contribution in [2.45, 2.75) is 57.9 Å². The second kappa shape index (κ2) is 10.8. The molecule has 0 aliphatic carbocycles. The van der Waals surface area contributed by atoms with E-state index < -0.39 is 0 Å². The molecule has 6 nitrogen and oxygen atoms in total. The number of likely N-dealkylation sites (N-methyl/N-ethyl adjacent to an activating group) is 1. The molecule has 2 fully saturated rings. The molecule has 3 atom stereocenters. The van der Waals surface area contributed by atoms with Crippen LogP contribution < -0.4 is 10.6 Å². The molecular weight excluding hydrogens is 455 g/mol. The van der Waals surface area contributed by atoms with Crippen molar-refractivity contribution in [2.24, 2.45) is 4.99 Å². The number of aliphatic imine (C=N–C) groups is 1. The molecule has 0 radical (unpaired) electrons. The number of hydrogen-bond donors (Lipinski definition) is 2. The van der Waals surface area contributed by atoms with E-state index in [9.17, 15) is 4.79 Å². The summed E-state index contributed by atoms with van der Waals surface area (Å²) in [7, 11) is 0. The zero-order valence-corrected chi connectivity index (χ0v) is 18.5. The predicted octanol–water partition coefficient (Wildman–Crippen LogP) is 2.53. The molecule has 2 aliphatic heterocycles. The SMILES string of the molecule is CCNC(=NCC(=O)N(CC)Cc1ccccc1)NC1CC2CCC1O2.I. The van der Waals surface area contributed by atoms with Crippen molar-refractivity contribution >= 4 is 35.8 Å². The quantitative estimate of drug-likeness (QED) is 0.353. The van der Waals surface area contributed by atoms with Gasteiger partial charge in [-0.15, -0.1) is 24.0 Å². The van der Waals surface area contributed by atoms with Crippen LogP contribution in [0.15, 0.2) is 35.3 Å². The van der Waals surface area contributed by atoms with Crippen LogP contribution in [0, 0.1) is 0 Å². The Morgan fingerprint density at radius 1 is 1.26 bits per heavy atom. The fraction of sp³-hybridized carbons (Fsp3) is 0.600. The second-order valence-corrected chi connectivity index (χ2v) is 6.95. The van der Waals surface area contributed by atoms with E-state index in [1.165, 1.54) is 6.42 Å². The van der Waals surface area contributed by atoms with Gasteiger partial charge in [-0.1, -0.05) is 30.3 Å². The molecule has 0 aromatic heterocycles. The topological polar surface area (TPSA) is 66.0 Å². The van der Waals surface area contributed by atoms with Crippen LogP contribution in [0.3, 0.4) is 0 Å². The largest absolute Gasteiger partial charge is 0.373 e. The number of benzene rings is 1. The van der Waals surface area contributed by atoms with Gasteiger partial charge < -0.3 is 20.3 Å². The molecule has 3 unspecified atom stereocenters. The molecule has 2 aliphatic rings. The van der Waals surface area contributed by atoms with Crippen molar-refractivity contribution in [1.82, 2.24) is 15.5 Å². The molecule has 1 aromatic rings. The molecule has 27 heavy (non-hydrogen) atoms. The van der Waals surface area contributed by atoms with E-state index in [1.807, 2.05) is 49.1 Å². The summed E-state index contributed by atoms with van der Waals surface area (Å²) in [5, 5.41) is 6.70. The second-order valence-electron chi connectivity index (χ2n) is 6.95. The standard InChI is InChI=1S/C20H30N4O2.HI/c1-3-21-20(23-17-12-16-10-11-18(17)26-16)22-13-19(25)24(4-2)14-15-8-6-5-7-9-15;/h5-9,16-18H,3-4,10-14H2,1-2H3,(H2,21,22,23);1H. The zero-order chi connectivity index (χ0) is 18.4. The van der Waals surface area contributed by atoms with Gasteiger partial charge >= 0.3 is 0 Å². The molecule has 7 heteroatoms. The van der Waals surface area contributed by atoms with Gasteiger partial charge in [0.15, 0.2) is 5.96 Å². The van der Waals surface area contributed by atoms with E-state index in [-0.39, 0.29) is 42.5 Å². The van der Waals surface area contributed by atoms with Crippen molar-refractivity contribution in [1.29, 1.82) is 0 Å². The van der Waals surface area contributed by atoms with Gasteiger partial charge in [0.2, 0.25) is 5.91 Å². The lowest BCUT2D eigenvalue weighted by Crippen LogP contribution is -2.47. The van der Waals surface area contributed by atoms with Crippen molar-refractivity contribution in [3.63, 3.8) is 0 Å². The number of rotatable bonds is 7. The first-order valence-corrected chi connectivity index (χ1v) is 9.71. The van der Waals surface area contributed by atoms with Crippen LogP contribution in [0.4, 0.5) is 0 Å². The molecule has 3 rings (SSSR count). The monoisotopic (exact) mass is 486 g/mol. The van der Waals surface area contributed by atoms with E-state index >= 15 is 0 Å². The smallest absolute Gasteiger partial charge is 0.244 e. The van der Waals surface area contributed by atoms with Crippen molar-refractivity contribution in [3.05, 3.63) is 35.9 Å². The summed E-state index contributed by atoms with van der Waals surface area (Å²) in [6.45, 7) is 6.24. The number of amides is 1. The molecule has 2 saturated heterocycles. The Hall–Kier alpha value is -1.35. The third kappa shape index (κ3) is 6.07. The minimum absolute atomic E-state index is 0. The molecule has 2 N–H and O–H groups in total. The van der Waals surface area contributed by atoms with Crippen molar-refractivity contribution in [2.75, 3.05) is 19.6 Å². The number of fused-ring (bicyclic) bond motifs is 2. The molecule has 1 aromatic carbocycles. The lowest BCUT2D eigenvalue weighted by Gasteiger charge is -2.23. The Kier molecular flexibility index (Phi) is 8.82. The zero-order valence-electron chi connectivity index (χ0n) is 16.2. The number of nitrogens with zero attached hydrogens (tertiary/aromatic N) is 2. The van der Waals surface area contributed by atoms with Gasteiger partial charge in [0.25, 0.3) is 0 Å². The first kappa shape index (κ1) is 21.9. The highest BCUT2D eigenvalue weighted by Crippen LogP contribution is 2.34. The Morgan fingerprint density at radius 2 is 2.04 bits per heavy atom. The number of carbonyl (C=O) groups is 1. The van der Waals surface area contributed by atoms with Crippen LogP contribution in [-0.4, -0.2) is 54.7 Å². The highest BCUT2D eigenvalue weighted by Gasteiger charge is 2.41. The number of ether oxygens (including phenoxy) is 1. The van der Waals surface area contributed by atoms with Crippen LogP contribution in [0.1, 0.15) is 38.7 Å². The van der Waals surface area contributed by atoms with E-state index in [1.54, 1.807) is 0 Å². The van der Waals surface area contributed by atoms with Gasteiger partial charge in [-0.05, 0) is 38.7 Å². The number of hydrogen-bond acceptors (Lipinski definition) is 3. The number of guanidine groups is 1. The Bertz CT molecular complexity index is 626. The third-order valence-electron chi connectivity index (χ3n) is 5.10. The number of nitrogens with one attached hydrogen (secondary N) is 2. The van der Waals surface area contributed by atoms with Crippen LogP contribution in [-0.2, 0) is 16.1 Å². The minimum Gasteiger partial charge on any atom is -0.373 e. The first-order valence-electron chi connectivity index (χ1n) is 9.71. The summed E-state index contributed by atoms with van der Waals surface area (Å²) in [4.78, 5) is 18.9. The van der Waals surface area contributed by atoms with Gasteiger partial charge in [-0.2, -0.15) is 0 Å². The van der Waals surface area contributed by atoms with E-state index in [0.717, 1.165) is 24.9 Å². The first-order chi connectivity index (χ1) is 12.7. The molecule has 1 amide bonds. The highest BCUT2D eigenvalue weighted by atomic mass is 127. The van der Waals surface area contributed by atoms with Crippen LogP contribution >= 0.6 is 24.0 Å². The summed E-state index contributed by atoms with van der Waals surface area (Å²) in [5.41, 5.74) is 1.14. The Balaban J connectivity index is 0.00000261. The molecule has 150 valence electrons. The van der Waals surface area contributed by atoms with E-state index in [4.69, 9.17) is 4.74 Å². The lowest BCUT2D eigenvalue weighted by molar-refractivity contribution is -0.130. The van der Waals surface area contributed by atoms with Gasteiger partial charge in [-0.3, -0.25) is 4.79 Å². The van der Waals surface area contributed by atoms with Crippen molar-refractivity contribution < 1.29 is 9.53 Å². The normalized spacial score (nSPS) is 23.6. The molecule has 2 bridgehead atoms. The van der Waals surface area contributed by atoms with Crippen molar-refractivity contribution in [3.8, 4) is 0 Å². The molecule has 0 saturated carbocycles. The van der Waals surface area contributed by atoms with Crippen LogP contribution in [0.5, 0.6) is 0 Å². The summed E-state index contributed by atoms with van der Waals surface area (Å²) in [6, 6.07) is 10.4. The Morgan fingerprint density at radius 3 is 2.63 bits per heavy atom. The average molecular weight is 486 g/mol. The van der Waals surface area contributed by atoms with Gasteiger partial charge in [-0.25, -0.2) is 4.99 Å². The van der Waals surface area contributed by atoms with Gasteiger partial charge in [0, 0.05) is 19.6 Å². The summed E-state index contributed by atoms with van der Waals surface area (Å²) in [5.74, 6) is 0.746. The molecular formula is C20H31IN4O2. The summed E-state index contributed by atoms with van der Waals surface area (Å²) >= 11 is 0. The fourth-order valence-electron chi connectivity index (χ4n) is 3.71. The van der Waals surface area contributed by atoms with Gasteiger partial charge in [0.1, 0.15) is 6.54 Å². The maximum Gasteiger partial charge on any atom is 0.244 e. The average Bonchev–Trinajstić information content (AvgIpc) is 3.28. The lowest BCUT2D eigenvalue weighted by atomic mass is 9.96. The number of carbonyl (C=O) groups excluding carboxylic acids is 1. The molecule has 0 spiro atoms. The minimum atomic E-state index is 0. The van der Waals surface area contributed by atoms with E-state index in [0.29, 0.717) is 31.2 Å². The highest BCUT2D eigenvalue weighted by molar-refractivity contribution is 14.0. The predicted molar refractivity (Wildman–Crippen MR) is 118 cm³/mol. The summed E-state index contributed by atoms with van der Waals surface area (Å²) < 4.78 is 5.89. The maximum atomic E-state index is 12.6. The Labute approximate surface area is 179 Å². The number of halogens is 1. The van der Waals surface area contributed by atoms with E-state index in [2.05, 4.69) is 15.6 Å². The third-order valence-corrected chi connectivity index (χ3v) is 5.10. The maximum absolute atomic E-state index is 12.6. The fourth-order valence-corrected chi connectivity index (χ4v) is 3.71.